The molecule has 0 amide bonds. The maximum absolute atomic E-state index is 13.4. The lowest BCUT2D eigenvalue weighted by Gasteiger charge is -2.24. The van der Waals surface area contributed by atoms with Crippen LogP contribution in [0, 0.1) is 11.7 Å². The monoisotopic (exact) mass is 500 g/mol. The number of hydrogen-bond acceptors (Lipinski definition) is 6. The molecule has 2 N–H and O–H groups in total. The Kier molecular flexibility index (Phi) is 7.99. The maximum Gasteiger partial charge on any atom is 0.305 e. The van der Waals surface area contributed by atoms with Crippen molar-refractivity contribution < 1.29 is 19.0 Å². The Hall–Kier alpha value is -3.43. The van der Waals surface area contributed by atoms with Gasteiger partial charge in [0.1, 0.15) is 10.8 Å². The summed E-state index contributed by atoms with van der Waals surface area (Å²) in [6.45, 7) is 2.31. The molecule has 4 rings (SSSR count). The standard InChI is InChI=1S/C25H26ClFN4O4/c26-24-22(28-14-17-2-1-13-35-16-17)15-29-31(25(24)34)21-9-7-20(8-10-21)30(12-11-23(32)33)19-5-3-18(27)4-6-19/h3-10,15,17,28H,1-2,11-14,16H2,(H,32,33)/t17-/m0/s1. The van der Waals surface area contributed by atoms with Crippen LogP contribution >= 0.6 is 11.6 Å². The molecule has 1 saturated heterocycles. The van der Waals surface area contributed by atoms with E-state index < -0.39 is 11.5 Å². The van der Waals surface area contributed by atoms with Crippen LogP contribution in [-0.2, 0) is 9.53 Å². The first-order chi connectivity index (χ1) is 16.9. The van der Waals surface area contributed by atoms with E-state index in [1.807, 2.05) is 0 Å². The van der Waals surface area contributed by atoms with Crippen LogP contribution in [0.25, 0.3) is 5.69 Å². The average molecular weight is 501 g/mol. The summed E-state index contributed by atoms with van der Waals surface area (Å²) >= 11 is 6.35. The fraction of sp³-hybridized carbons (Fsp3) is 0.320. The zero-order valence-corrected chi connectivity index (χ0v) is 19.7. The lowest BCUT2D eigenvalue weighted by Crippen LogP contribution is -2.27. The van der Waals surface area contributed by atoms with Gasteiger partial charge in [0.2, 0.25) is 0 Å². The van der Waals surface area contributed by atoms with Gasteiger partial charge in [0.05, 0.1) is 30.6 Å². The number of aliphatic carboxylic acids is 1. The van der Waals surface area contributed by atoms with Crippen molar-refractivity contribution in [2.45, 2.75) is 19.3 Å². The first-order valence-corrected chi connectivity index (χ1v) is 11.7. The summed E-state index contributed by atoms with van der Waals surface area (Å²) in [5.74, 6) is -0.960. The smallest absolute Gasteiger partial charge is 0.305 e. The van der Waals surface area contributed by atoms with Crippen molar-refractivity contribution in [2.24, 2.45) is 5.92 Å². The third-order valence-electron chi connectivity index (χ3n) is 5.85. The minimum absolute atomic E-state index is 0.0511. The third kappa shape index (κ3) is 6.17. The normalized spacial score (nSPS) is 15.5. The van der Waals surface area contributed by atoms with E-state index in [0.717, 1.165) is 19.4 Å². The lowest BCUT2D eigenvalue weighted by molar-refractivity contribution is -0.136. The number of nitrogens with zero attached hydrogens (tertiary/aromatic N) is 3. The number of rotatable bonds is 9. The van der Waals surface area contributed by atoms with Gasteiger partial charge in [-0.15, -0.1) is 0 Å². The number of halogens is 2. The second kappa shape index (κ2) is 11.3. The molecule has 2 aromatic carbocycles. The molecule has 10 heteroatoms. The largest absolute Gasteiger partial charge is 0.481 e. The van der Waals surface area contributed by atoms with Crippen molar-refractivity contribution >= 4 is 34.6 Å². The summed E-state index contributed by atoms with van der Waals surface area (Å²) < 4.78 is 20.1. The zero-order valence-electron chi connectivity index (χ0n) is 19.0. The highest BCUT2D eigenvalue weighted by Crippen LogP contribution is 2.27. The number of anilines is 3. The summed E-state index contributed by atoms with van der Waals surface area (Å²) in [6.07, 6.45) is 3.50. The lowest BCUT2D eigenvalue weighted by atomic mass is 10.0. The highest BCUT2D eigenvalue weighted by Gasteiger charge is 2.17. The number of ether oxygens (including phenoxy) is 1. The van der Waals surface area contributed by atoms with Gasteiger partial charge >= 0.3 is 5.97 Å². The Morgan fingerprint density at radius 1 is 1.20 bits per heavy atom. The van der Waals surface area contributed by atoms with Crippen molar-refractivity contribution in [3.8, 4) is 5.69 Å². The third-order valence-corrected chi connectivity index (χ3v) is 6.21. The van der Waals surface area contributed by atoms with Gasteiger partial charge in [-0.3, -0.25) is 9.59 Å². The quantitative estimate of drug-likeness (QED) is 0.447. The molecule has 1 aliphatic rings. The van der Waals surface area contributed by atoms with Gasteiger partial charge < -0.3 is 20.1 Å². The molecular weight excluding hydrogens is 475 g/mol. The van der Waals surface area contributed by atoms with Crippen LogP contribution in [0.3, 0.4) is 0 Å². The Morgan fingerprint density at radius 3 is 2.51 bits per heavy atom. The van der Waals surface area contributed by atoms with Crippen LogP contribution in [0.4, 0.5) is 21.5 Å². The van der Waals surface area contributed by atoms with E-state index in [2.05, 4.69) is 10.4 Å². The number of carboxylic acid groups (broad SMARTS) is 1. The molecule has 35 heavy (non-hydrogen) atoms. The predicted molar refractivity (Wildman–Crippen MR) is 133 cm³/mol. The SMILES string of the molecule is O=C(O)CCN(c1ccc(F)cc1)c1ccc(-n2ncc(NC[C@@H]3CCCOC3)c(Cl)c2=O)cc1. The van der Waals surface area contributed by atoms with E-state index in [1.165, 1.54) is 23.0 Å². The Bertz CT molecular complexity index is 1210. The number of hydrogen-bond donors (Lipinski definition) is 2. The molecule has 0 spiro atoms. The van der Waals surface area contributed by atoms with Crippen molar-refractivity contribution in [3.05, 3.63) is 75.9 Å². The highest BCUT2D eigenvalue weighted by atomic mass is 35.5. The topological polar surface area (TPSA) is 96.7 Å². The fourth-order valence-electron chi connectivity index (χ4n) is 3.97. The molecule has 3 aromatic rings. The van der Waals surface area contributed by atoms with Crippen molar-refractivity contribution in [1.29, 1.82) is 0 Å². The first kappa shape index (κ1) is 24.7. The fourth-order valence-corrected chi connectivity index (χ4v) is 4.17. The van der Waals surface area contributed by atoms with E-state index in [4.69, 9.17) is 21.4 Å². The van der Waals surface area contributed by atoms with Crippen LogP contribution in [-0.4, -0.2) is 47.2 Å². The molecular formula is C25H26ClFN4O4. The van der Waals surface area contributed by atoms with Crippen molar-refractivity contribution in [2.75, 3.05) is 36.5 Å². The van der Waals surface area contributed by atoms with Crippen LogP contribution < -0.4 is 15.8 Å². The molecule has 0 radical (unpaired) electrons. The molecule has 1 fully saturated rings. The van der Waals surface area contributed by atoms with Crippen molar-refractivity contribution in [1.82, 2.24) is 9.78 Å². The minimum Gasteiger partial charge on any atom is -0.481 e. The Balaban J connectivity index is 1.53. The Labute approximate surface area is 206 Å². The molecule has 2 heterocycles. The Morgan fingerprint density at radius 2 is 1.89 bits per heavy atom. The molecule has 1 aliphatic heterocycles. The van der Waals surface area contributed by atoms with Gasteiger partial charge in [-0.2, -0.15) is 9.78 Å². The summed E-state index contributed by atoms with van der Waals surface area (Å²) in [6, 6.07) is 12.7. The van der Waals surface area contributed by atoms with E-state index in [9.17, 15) is 14.0 Å². The maximum atomic E-state index is 13.4. The molecule has 184 valence electrons. The average Bonchev–Trinajstić information content (AvgIpc) is 2.87. The second-order valence-electron chi connectivity index (χ2n) is 8.34. The van der Waals surface area contributed by atoms with Gasteiger partial charge in [-0.1, -0.05) is 11.6 Å². The summed E-state index contributed by atoms with van der Waals surface area (Å²) in [7, 11) is 0. The van der Waals surface area contributed by atoms with Gasteiger partial charge in [0, 0.05) is 31.1 Å². The summed E-state index contributed by atoms with van der Waals surface area (Å²) in [4.78, 5) is 25.8. The number of benzene rings is 2. The highest BCUT2D eigenvalue weighted by molar-refractivity contribution is 6.32. The van der Waals surface area contributed by atoms with Crippen molar-refractivity contribution in [3.63, 3.8) is 0 Å². The van der Waals surface area contributed by atoms with E-state index in [0.29, 0.717) is 41.8 Å². The zero-order chi connectivity index (χ0) is 24.8. The van der Waals surface area contributed by atoms with E-state index in [-0.39, 0.29) is 23.8 Å². The molecule has 0 saturated carbocycles. The number of nitrogens with one attached hydrogen (secondary N) is 1. The van der Waals surface area contributed by atoms with Gasteiger partial charge in [0.25, 0.3) is 5.56 Å². The molecule has 1 atom stereocenters. The van der Waals surface area contributed by atoms with Gasteiger partial charge in [-0.25, -0.2) is 4.39 Å². The van der Waals surface area contributed by atoms with Crippen LogP contribution in [0.15, 0.2) is 59.5 Å². The number of carboxylic acids is 1. The van der Waals surface area contributed by atoms with Crippen LogP contribution in [0.2, 0.25) is 5.02 Å². The van der Waals surface area contributed by atoms with Crippen LogP contribution in [0.1, 0.15) is 19.3 Å². The van der Waals surface area contributed by atoms with E-state index in [1.54, 1.807) is 41.3 Å². The number of aromatic nitrogens is 2. The predicted octanol–water partition coefficient (Wildman–Crippen LogP) is 4.48. The molecule has 0 aliphatic carbocycles. The van der Waals surface area contributed by atoms with Gasteiger partial charge in [0.15, 0.2) is 0 Å². The first-order valence-electron chi connectivity index (χ1n) is 11.4. The van der Waals surface area contributed by atoms with E-state index >= 15 is 0 Å². The van der Waals surface area contributed by atoms with Crippen LogP contribution in [0.5, 0.6) is 0 Å². The minimum atomic E-state index is -0.941. The molecule has 0 bridgehead atoms. The van der Waals surface area contributed by atoms with Gasteiger partial charge in [-0.05, 0) is 67.3 Å². The molecule has 0 unspecified atom stereocenters. The molecule has 8 nitrogen and oxygen atoms in total. The number of carbonyl (C=O) groups is 1. The molecule has 1 aromatic heterocycles. The summed E-state index contributed by atoms with van der Waals surface area (Å²) in [5.41, 5.74) is 1.87. The second-order valence-corrected chi connectivity index (χ2v) is 8.72. The summed E-state index contributed by atoms with van der Waals surface area (Å²) in [5, 5.41) is 16.6.